The van der Waals surface area contributed by atoms with Crippen LogP contribution in [0, 0.1) is 5.92 Å². The van der Waals surface area contributed by atoms with Crippen molar-refractivity contribution in [3.05, 3.63) is 28.8 Å². The number of amides is 2. The lowest BCUT2D eigenvalue weighted by molar-refractivity contribution is -0.150. The summed E-state index contributed by atoms with van der Waals surface area (Å²) in [6.07, 6.45) is -3.83. The Morgan fingerprint density at radius 2 is 1.90 bits per heavy atom. The van der Waals surface area contributed by atoms with Gasteiger partial charge in [-0.1, -0.05) is 11.6 Å². The highest BCUT2D eigenvalue weighted by molar-refractivity contribution is 6.31. The summed E-state index contributed by atoms with van der Waals surface area (Å²) in [5.74, 6) is -1.66. The van der Waals surface area contributed by atoms with Crippen LogP contribution in [0.15, 0.2) is 18.2 Å². The molecule has 2 fully saturated rings. The zero-order valence-electron chi connectivity index (χ0n) is 15.7. The number of carbonyl (C=O) groups excluding carboxylic acids is 3. The van der Waals surface area contributed by atoms with Gasteiger partial charge in [0.1, 0.15) is 0 Å². The first-order valence-corrected chi connectivity index (χ1v) is 9.65. The SMILES string of the molecule is CCOC(=O)C1CCN([C@@H]2CC(=O)N(c3ccc(Cl)c(C(F)(F)F)c3)C2=O)CC1. The second-order valence-electron chi connectivity index (χ2n) is 7.01. The van der Waals surface area contributed by atoms with E-state index < -0.39 is 34.6 Å². The summed E-state index contributed by atoms with van der Waals surface area (Å²) in [6.45, 7) is 2.88. The van der Waals surface area contributed by atoms with E-state index in [1.54, 1.807) is 11.8 Å². The standard InChI is InChI=1S/C19H20ClF3N2O4/c1-2-29-18(28)11-5-7-24(8-6-11)15-10-16(26)25(17(15)27)12-3-4-14(20)13(9-12)19(21,22)23/h3-4,9,11,15H,2,5-8,10H2,1H3/t15-/m1/s1. The van der Waals surface area contributed by atoms with E-state index in [-0.39, 0.29) is 24.0 Å². The van der Waals surface area contributed by atoms with Crippen molar-refractivity contribution in [2.45, 2.75) is 38.4 Å². The third-order valence-electron chi connectivity index (χ3n) is 5.23. The van der Waals surface area contributed by atoms with Crippen molar-refractivity contribution in [1.82, 2.24) is 4.90 Å². The Morgan fingerprint density at radius 1 is 1.24 bits per heavy atom. The number of halogens is 4. The number of ether oxygens (including phenoxy) is 1. The van der Waals surface area contributed by atoms with Gasteiger partial charge in [-0.05, 0) is 51.1 Å². The molecular weight excluding hydrogens is 413 g/mol. The van der Waals surface area contributed by atoms with E-state index in [9.17, 15) is 27.6 Å². The summed E-state index contributed by atoms with van der Waals surface area (Å²) >= 11 is 5.62. The van der Waals surface area contributed by atoms with Crippen LogP contribution in [0.25, 0.3) is 0 Å². The highest BCUT2D eigenvalue weighted by Crippen LogP contribution is 2.38. The molecular formula is C19H20ClF3N2O4. The normalized spacial score (nSPS) is 21.7. The van der Waals surface area contributed by atoms with E-state index >= 15 is 0 Å². The molecule has 6 nitrogen and oxygen atoms in total. The molecule has 0 saturated carbocycles. The first-order valence-electron chi connectivity index (χ1n) is 9.27. The maximum Gasteiger partial charge on any atom is 0.417 e. The summed E-state index contributed by atoms with van der Waals surface area (Å²) in [5, 5.41) is -0.502. The van der Waals surface area contributed by atoms with Gasteiger partial charge in [-0.3, -0.25) is 19.3 Å². The number of rotatable bonds is 4. The average molecular weight is 433 g/mol. The number of anilines is 1. The van der Waals surface area contributed by atoms with Crippen LogP contribution >= 0.6 is 11.6 Å². The van der Waals surface area contributed by atoms with E-state index in [0.29, 0.717) is 38.6 Å². The number of benzene rings is 1. The zero-order valence-corrected chi connectivity index (χ0v) is 16.4. The fraction of sp³-hybridized carbons (Fsp3) is 0.526. The molecule has 1 aromatic carbocycles. The smallest absolute Gasteiger partial charge is 0.417 e. The van der Waals surface area contributed by atoms with Gasteiger partial charge in [0.2, 0.25) is 5.91 Å². The van der Waals surface area contributed by atoms with Gasteiger partial charge in [0.05, 0.1) is 41.3 Å². The molecule has 2 saturated heterocycles. The summed E-state index contributed by atoms with van der Waals surface area (Å²) < 4.78 is 44.4. The van der Waals surface area contributed by atoms with Crippen molar-refractivity contribution in [3.8, 4) is 0 Å². The topological polar surface area (TPSA) is 66.9 Å². The van der Waals surface area contributed by atoms with Crippen LogP contribution in [0.5, 0.6) is 0 Å². The van der Waals surface area contributed by atoms with E-state index in [1.807, 2.05) is 0 Å². The average Bonchev–Trinajstić information content (AvgIpc) is 2.96. The number of hydrogen-bond donors (Lipinski definition) is 0. The van der Waals surface area contributed by atoms with Gasteiger partial charge in [0, 0.05) is 0 Å². The molecule has 0 bridgehead atoms. The highest BCUT2D eigenvalue weighted by atomic mass is 35.5. The van der Waals surface area contributed by atoms with Crippen LogP contribution in [-0.4, -0.2) is 48.4 Å². The van der Waals surface area contributed by atoms with E-state index in [1.165, 1.54) is 6.07 Å². The molecule has 29 heavy (non-hydrogen) atoms. The largest absolute Gasteiger partial charge is 0.466 e. The van der Waals surface area contributed by atoms with Crippen LogP contribution in [0.3, 0.4) is 0 Å². The highest BCUT2D eigenvalue weighted by Gasteiger charge is 2.45. The molecule has 2 aliphatic rings. The molecule has 1 aromatic rings. The minimum Gasteiger partial charge on any atom is -0.466 e. The molecule has 3 rings (SSSR count). The number of esters is 1. The van der Waals surface area contributed by atoms with E-state index in [4.69, 9.17) is 16.3 Å². The molecule has 2 heterocycles. The zero-order chi connectivity index (χ0) is 21.3. The lowest BCUT2D eigenvalue weighted by atomic mass is 9.95. The fourth-order valence-electron chi connectivity index (χ4n) is 3.75. The second-order valence-corrected chi connectivity index (χ2v) is 7.42. The van der Waals surface area contributed by atoms with Gasteiger partial charge in [-0.2, -0.15) is 13.2 Å². The van der Waals surface area contributed by atoms with E-state index in [2.05, 4.69) is 0 Å². The molecule has 10 heteroatoms. The molecule has 158 valence electrons. The molecule has 1 atom stereocenters. The van der Waals surface area contributed by atoms with Crippen LogP contribution < -0.4 is 4.90 Å². The molecule has 0 radical (unpaired) electrons. The minimum atomic E-state index is -4.70. The predicted molar refractivity (Wildman–Crippen MR) is 98.3 cm³/mol. The van der Waals surface area contributed by atoms with Crippen LogP contribution in [0.2, 0.25) is 5.02 Å². The molecule has 0 aliphatic carbocycles. The fourth-order valence-corrected chi connectivity index (χ4v) is 3.97. The minimum absolute atomic E-state index is 0.118. The van der Waals surface area contributed by atoms with Crippen LogP contribution in [0.1, 0.15) is 31.7 Å². The van der Waals surface area contributed by atoms with Gasteiger partial charge in [-0.15, -0.1) is 0 Å². The van der Waals surface area contributed by atoms with Crippen molar-refractivity contribution in [3.63, 3.8) is 0 Å². The molecule has 0 aromatic heterocycles. The van der Waals surface area contributed by atoms with Gasteiger partial charge in [0.15, 0.2) is 0 Å². The van der Waals surface area contributed by atoms with Crippen LogP contribution in [0.4, 0.5) is 18.9 Å². The monoisotopic (exact) mass is 432 g/mol. The first kappa shape index (κ1) is 21.6. The second kappa shape index (κ2) is 8.31. The molecule has 0 spiro atoms. The van der Waals surface area contributed by atoms with Crippen molar-refractivity contribution in [2.75, 3.05) is 24.6 Å². The maximum absolute atomic E-state index is 13.1. The van der Waals surface area contributed by atoms with Crippen LogP contribution in [-0.2, 0) is 25.3 Å². The number of likely N-dealkylation sites (tertiary alicyclic amines) is 1. The molecule has 0 N–H and O–H groups in total. The lowest BCUT2D eigenvalue weighted by Crippen LogP contribution is -2.47. The van der Waals surface area contributed by atoms with Gasteiger partial charge in [0.25, 0.3) is 5.91 Å². The van der Waals surface area contributed by atoms with Crippen molar-refractivity contribution in [1.29, 1.82) is 0 Å². The number of carbonyl (C=O) groups is 3. The number of nitrogens with zero attached hydrogens (tertiary/aromatic N) is 2. The number of hydrogen-bond acceptors (Lipinski definition) is 5. The number of alkyl halides is 3. The Labute approximate surface area is 170 Å². The predicted octanol–water partition coefficient (Wildman–Crippen LogP) is 3.27. The Bertz CT molecular complexity index is 822. The summed E-state index contributed by atoms with van der Waals surface area (Å²) in [4.78, 5) is 39.7. The van der Waals surface area contributed by atoms with Crippen molar-refractivity contribution >= 4 is 35.1 Å². The van der Waals surface area contributed by atoms with Gasteiger partial charge >= 0.3 is 12.1 Å². The summed E-state index contributed by atoms with van der Waals surface area (Å²) in [6, 6.07) is 2.21. The van der Waals surface area contributed by atoms with Gasteiger partial charge < -0.3 is 4.74 Å². The summed E-state index contributed by atoms with van der Waals surface area (Å²) in [5.41, 5.74) is -1.25. The first-order chi connectivity index (χ1) is 13.6. The molecule has 0 unspecified atom stereocenters. The maximum atomic E-state index is 13.1. The number of piperidine rings is 1. The summed E-state index contributed by atoms with van der Waals surface area (Å²) in [7, 11) is 0. The third-order valence-corrected chi connectivity index (χ3v) is 5.56. The van der Waals surface area contributed by atoms with Gasteiger partial charge in [-0.25, -0.2) is 4.90 Å². The lowest BCUT2D eigenvalue weighted by Gasteiger charge is -2.33. The molecule has 2 aliphatic heterocycles. The third kappa shape index (κ3) is 4.40. The van der Waals surface area contributed by atoms with Crippen molar-refractivity contribution in [2.24, 2.45) is 5.92 Å². The Balaban J connectivity index is 1.74. The van der Waals surface area contributed by atoms with Crippen molar-refractivity contribution < 1.29 is 32.3 Å². The van der Waals surface area contributed by atoms with E-state index in [0.717, 1.165) is 11.0 Å². The Morgan fingerprint density at radius 3 is 2.48 bits per heavy atom. The number of imide groups is 1. The Hall–Kier alpha value is -2.13. The molecule has 2 amide bonds. The quantitative estimate of drug-likeness (QED) is 0.539. The Kier molecular flexibility index (Phi) is 6.19.